The van der Waals surface area contributed by atoms with Crippen LogP contribution in [0.3, 0.4) is 0 Å². The SMILES string of the molecule is CCN1C(=O)[C@@H]2[C@@H](c3ccc(-c4ccc5c(c4)OCO5)cc3)N3CCCC[C@@]3(C(=O)OC)[C@@H]2C1=O. The molecule has 4 aliphatic rings. The molecule has 182 valence electrons. The van der Waals surface area contributed by atoms with Crippen LogP contribution in [0.4, 0.5) is 0 Å². The number of nitrogens with zero attached hydrogens (tertiary/aromatic N) is 2. The quantitative estimate of drug-likeness (QED) is 0.495. The largest absolute Gasteiger partial charge is 0.468 e. The normalized spacial score (nSPS) is 29.3. The lowest BCUT2D eigenvalue weighted by atomic mass is 9.75. The molecular formula is C27H28N2O6. The second-order valence-corrected chi connectivity index (χ2v) is 9.63. The van der Waals surface area contributed by atoms with E-state index in [1.54, 1.807) is 6.92 Å². The van der Waals surface area contributed by atoms with E-state index in [1.807, 2.05) is 42.5 Å². The molecular weight excluding hydrogens is 448 g/mol. The van der Waals surface area contributed by atoms with Crippen LogP contribution in [0, 0.1) is 11.8 Å². The minimum absolute atomic E-state index is 0.190. The van der Waals surface area contributed by atoms with E-state index in [4.69, 9.17) is 14.2 Å². The first-order valence-corrected chi connectivity index (χ1v) is 12.2. The number of likely N-dealkylation sites (tertiary alicyclic amines) is 1. The number of benzene rings is 2. The van der Waals surface area contributed by atoms with Crippen LogP contribution in [0.5, 0.6) is 11.5 Å². The van der Waals surface area contributed by atoms with Gasteiger partial charge in [-0.05, 0) is 61.6 Å². The van der Waals surface area contributed by atoms with Crippen LogP contribution >= 0.6 is 0 Å². The number of hydrogen-bond donors (Lipinski definition) is 0. The monoisotopic (exact) mass is 476 g/mol. The summed E-state index contributed by atoms with van der Waals surface area (Å²) in [5.74, 6) is -0.722. The van der Waals surface area contributed by atoms with Crippen molar-refractivity contribution in [3.63, 3.8) is 0 Å². The van der Waals surface area contributed by atoms with Crippen LogP contribution in [0.15, 0.2) is 42.5 Å². The second kappa shape index (κ2) is 8.09. The molecule has 0 radical (unpaired) electrons. The Kier molecular flexibility index (Phi) is 5.11. The van der Waals surface area contributed by atoms with Gasteiger partial charge in [-0.25, -0.2) is 0 Å². The number of piperidine rings is 1. The third-order valence-corrected chi connectivity index (χ3v) is 8.17. The number of ether oxygens (including phenoxy) is 3. The number of carbonyl (C=O) groups excluding carboxylic acids is 3. The summed E-state index contributed by atoms with van der Waals surface area (Å²) in [5, 5.41) is 0. The Morgan fingerprint density at radius 2 is 1.77 bits per heavy atom. The average Bonchev–Trinajstić information content (AvgIpc) is 3.55. The van der Waals surface area contributed by atoms with E-state index >= 15 is 0 Å². The third-order valence-electron chi connectivity index (χ3n) is 8.17. The number of rotatable bonds is 4. The summed E-state index contributed by atoms with van der Waals surface area (Å²) in [6, 6.07) is 13.5. The zero-order chi connectivity index (χ0) is 24.3. The van der Waals surface area contributed by atoms with Gasteiger partial charge >= 0.3 is 5.97 Å². The van der Waals surface area contributed by atoms with E-state index in [0.29, 0.717) is 19.5 Å². The molecule has 0 saturated carbocycles. The smallest absolute Gasteiger partial charge is 0.327 e. The van der Waals surface area contributed by atoms with Crippen molar-refractivity contribution in [1.82, 2.24) is 9.80 Å². The maximum atomic E-state index is 13.5. The summed E-state index contributed by atoms with van der Waals surface area (Å²) in [6.07, 6.45) is 2.24. The highest BCUT2D eigenvalue weighted by Gasteiger charge is 2.72. The molecule has 2 amide bonds. The minimum Gasteiger partial charge on any atom is -0.468 e. The first kappa shape index (κ1) is 22.1. The van der Waals surface area contributed by atoms with Gasteiger partial charge in [0.05, 0.1) is 18.9 Å². The van der Waals surface area contributed by atoms with Crippen LogP contribution in [0.1, 0.15) is 37.8 Å². The molecule has 4 atom stereocenters. The van der Waals surface area contributed by atoms with Crippen LogP contribution < -0.4 is 9.47 Å². The van der Waals surface area contributed by atoms with Crippen molar-refractivity contribution < 1.29 is 28.6 Å². The summed E-state index contributed by atoms with van der Waals surface area (Å²) in [5.41, 5.74) is 1.82. The van der Waals surface area contributed by atoms with Gasteiger partial charge in [0.2, 0.25) is 18.6 Å². The molecule has 0 spiro atoms. The fourth-order valence-corrected chi connectivity index (χ4v) is 6.68. The van der Waals surface area contributed by atoms with E-state index in [-0.39, 0.29) is 24.6 Å². The van der Waals surface area contributed by atoms with Crippen LogP contribution in [-0.4, -0.2) is 60.1 Å². The maximum absolute atomic E-state index is 13.5. The van der Waals surface area contributed by atoms with Crippen LogP contribution in [-0.2, 0) is 19.1 Å². The second-order valence-electron chi connectivity index (χ2n) is 9.63. The zero-order valence-electron chi connectivity index (χ0n) is 19.9. The van der Waals surface area contributed by atoms with Gasteiger partial charge in [0, 0.05) is 12.6 Å². The van der Waals surface area contributed by atoms with Crippen LogP contribution in [0.2, 0.25) is 0 Å². The van der Waals surface area contributed by atoms with Gasteiger partial charge in [-0.15, -0.1) is 0 Å². The molecule has 0 bridgehead atoms. The molecule has 3 saturated heterocycles. The highest BCUT2D eigenvalue weighted by Crippen LogP contribution is 2.58. The van der Waals surface area contributed by atoms with Crippen molar-refractivity contribution in [2.24, 2.45) is 11.8 Å². The van der Waals surface area contributed by atoms with Gasteiger partial charge in [-0.2, -0.15) is 0 Å². The summed E-state index contributed by atoms with van der Waals surface area (Å²) in [6.45, 7) is 2.97. The number of amides is 2. The standard InChI is InChI=1S/C27H28N2O6/c1-3-28-24(30)21-22(25(28)31)27(26(32)33-2)12-4-5-13-29(27)23(21)17-8-6-16(7-9-17)18-10-11-19-20(14-18)35-15-34-19/h6-11,14,21-23H,3-5,12-13,15H2,1-2H3/t21-,22-,23+,27-/m0/s1. The Morgan fingerprint density at radius 3 is 2.51 bits per heavy atom. The molecule has 35 heavy (non-hydrogen) atoms. The van der Waals surface area contributed by atoms with Crippen molar-refractivity contribution in [2.75, 3.05) is 27.0 Å². The maximum Gasteiger partial charge on any atom is 0.327 e. The molecule has 0 aromatic heterocycles. The van der Waals surface area contributed by atoms with Crippen molar-refractivity contribution >= 4 is 17.8 Å². The average molecular weight is 477 g/mol. The van der Waals surface area contributed by atoms with Crippen molar-refractivity contribution in [3.8, 4) is 22.6 Å². The Bertz CT molecular complexity index is 1210. The van der Waals surface area contributed by atoms with Gasteiger partial charge in [-0.3, -0.25) is 24.2 Å². The molecule has 8 heteroatoms. The zero-order valence-corrected chi connectivity index (χ0v) is 19.9. The molecule has 8 nitrogen and oxygen atoms in total. The molecule has 0 unspecified atom stereocenters. The fraction of sp³-hybridized carbons (Fsp3) is 0.444. The van der Waals surface area contributed by atoms with Gasteiger partial charge in [0.1, 0.15) is 5.54 Å². The number of esters is 1. The molecule has 2 aromatic carbocycles. The molecule has 0 aliphatic carbocycles. The topological polar surface area (TPSA) is 85.4 Å². The first-order chi connectivity index (χ1) is 17.0. The lowest BCUT2D eigenvalue weighted by Crippen LogP contribution is -2.59. The summed E-state index contributed by atoms with van der Waals surface area (Å²) in [7, 11) is 1.37. The highest BCUT2D eigenvalue weighted by atomic mass is 16.7. The predicted octanol–water partition coefficient (Wildman–Crippen LogP) is 3.16. The number of methoxy groups -OCH3 is 1. The third kappa shape index (κ3) is 2.99. The fourth-order valence-electron chi connectivity index (χ4n) is 6.68. The van der Waals surface area contributed by atoms with E-state index < -0.39 is 23.3 Å². The Balaban J connectivity index is 1.42. The Labute approximate surface area is 203 Å². The highest BCUT2D eigenvalue weighted by molar-refractivity contribution is 6.09. The molecule has 6 rings (SSSR count). The number of hydrogen-bond acceptors (Lipinski definition) is 7. The summed E-state index contributed by atoms with van der Waals surface area (Å²) in [4.78, 5) is 43.7. The van der Waals surface area contributed by atoms with Crippen molar-refractivity contribution in [3.05, 3.63) is 48.0 Å². The van der Waals surface area contributed by atoms with E-state index in [1.165, 1.54) is 12.0 Å². The predicted molar refractivity (Wildman–Crippen MR) is 125 cm³/mol. The van der Waals surface area contributed by atoms with E-state index in [9.17, 15) is 14.4 Å². The number of carbonyl (C=O) groups is 3. The number of imide groups is 1. The van der Waals surface area contributed by atoms with Gasteiger partial charge in [0.25, 0.3) is 0 Å². The van der Waals surface area contributed by atoms with Gasteiger partial charge in [0.15, 0.2) is 11.5 Å². The minimum atomic E-state index is -1.10. The first-order valence-electron chi connectivity index (χ1n) is 12.2. The molecule has 4 heterocycles. The molecule has 4 aliphatic heterocycles. The molecule has 3 fully saturated rings. The number of fused-ring (bicyclic) bond motifs is 4. The molecule has 0 N–H and O–H groups in total. The van der Waals surface area contributed by atoms with E-state index in [0.717, 1.165) is 41.0 Å². The Morgan fingerprint density at radius 1 is 1.03 bits per heavy atom. The van der Waals surface area contributed by atoms with E-state index in [2.05, 4.69) is 4.90 Å². The van der Waals surface area contributed by atoms with Crippen molar-refractivity contribution in [2.45, 2.75) is 37.8 Å². The summed E-state index contributed by atoms with van der Waals surface area (Å²) >= 11 is 0. The van der Waals surface area contributed by atoms with Gasteiger partial charge < -0.3 is 14.2 Å². The van der Waals surface area contributed by atoms with Crippen molar-refractivity contribution in [1.29, 1.82) is 0 Å². The lowest BCUT2D eigenvalue weighted by Gasteiger charge is -2.44. The van der Waals surface area contributed by atoms with Gasteiger partial charge in [-0.1, -0.05) is 30.3 Å². The Hall–Kier alpha value is -3.39. The molecule has 2 aromatic rings. The van der Waals surface area contributed by atoms with Crippen LogP contribution in [0.25, 0.3) is 11.1 Å². The summed E-state index contributed by atoms with van der Waals surface area (Å²) < 4.78 is 16.2. The lowest BCUT2D eigenvalue weighted by molar-refractivity contribution is -0.164.